The lowest BCUT2D eigenvalue weighted by molar-refractivity contribution is -0.870. The molecule has 0 aliphatic rings. The zero-order valence-electron chi connectivity index (χ0n) is 55.4. The lowest BCUT2D eigenvalue weighted by Gasteiger charge is -2.28. The zero-order valence-corrected chi connectivity index (χ0v) is 56.3. The summed E-state index contributed by atoms with van der Waals surface area (Å²) in [5.41, 5.74) is 0. The third-order valence-corrected chi connectivity index (χ3v) is 16.8. The number of phosphoric ester groups is 1. The number of quaternary nitrogens is 1. The summed E-state index contributed by atoms with van der Waals surface area (Å²) in [5, 5.41) is 0. The summed E-state index contributed by atoms with van der Waals surface area (Å²) in [6, 6.07) is 0. The molecule has 0 saturated carbocycles. The molecule has 0 fully saturated rings. The fourth-order valence-corrected chi connectivity index (χ4v) is 11.1. The molecule has 0 aromatic carbocycles. The number of unbranched alkanes of at least 4 members (excludes halogenated alkanes) is 42. The van der Waals surface area contributed by atoms with Crippen molar-refractivity contribution >= 4 is 19.8 Å². The highest BCUT2D eigenvalue weighted by molar-refractivity contribution is 7.45. The Balaban J connectivity index is 4.00. The van der Waals surface area contributed by atoms with Gasteiger partial charge in [-0.05, 0) is 57.8 Å². The van der Waals surface area contributed by atoms with E-state index in [-0.39, 0.29) is 32.0 Å². The lowest BCUT2D eigenvalue weighted by Crippen LogP contribution is -2.37. The van der Waals surface area contributed by atoms with Crippen LogP contribution in [-0.2, 0) is 32.7 Å². The normalized spacial score (nSPS) is 13.5. The molecule has 2 unspecified atom stereocenters. The van der Waals surface area contributed by atoms with Crippen LogP contribution in [0.25, 0.3) is 0 Å². The molecule has 486 valence electrons. The number of likely N-dealkylation sites (N-methyl/N-ethyl adjacent to an activating group) is 1. The van der Waals surface area contributed by atoms with Gasteiger partial charge in [0.2, 0.25) is 0 Å². The molecule has 0 spiro atoms. The molecule has 0 aromatic heterocycles. The summed E-state index contributed by atoms with van der Waals surface area (Å²) < 4.78 is 34.3. The maximum Gasteiger partial charge on any atom is 0.306 e. The van der Waals surface area contributed by atoms with Crippen molar-refractivity contribution in [3.05, 3.63) is 60.8 Å². The largest absolute Gasteiger partial charge is 0.756 e. The van der Waals surface area contributed by atoms with E-state index in [1.807, 2.05) is 21.1 Å². The molecule has 0 N–H and O–H groups in total. The number of hydrogen-bond donors (Lipinski definition) is 0. The van der Waals surface area contributed by atoms with Crippen LogP contribution in [0.3, 0.4) is 0 Å². The van der Waals surface area contributed by atoms with Crippen LogP contribution in [0.1, 0.15) is 341 Å². The van der Waals surface area contributed by atoms with Crippen LogP contribution in [-0.4, -0.2) is 70.0 Å². The number of rotatable bonds is 66. The summed E-state index contributed by atoms with van der Waals surface area (Å²) in [4.78, 5) is 38.1. The van der Waals surface area contributed by atoms with Gasteiger partial charge in [-0.2, -0.15) is 0 Å². The van der Waals surface area contributed by atoms with E-state index in [2.05, 4.69) is 74.6 Å². The van der Waals surface area contributed by atoms with Crippen LogP contribution < -0.4 is 4.89 Å². The Labute approximate surface area is 515 Å². The van der Waals surface area contributed by atoms with Gasteiger partial charge in [-0.15, -0.1) is 0 Å². The summed E-state index contributed by atoms with van der Waals surface area (Å²) in [7, 11) is 1.17. The minimum atomic E-state index is -4.64. The molecule has 0 aromatic rings. The van der Waals surface area contributed by atoms with Crippen molar-refractivity contribution in [3.8, 4) is 0 Å². The topological polar surface area (TPSA) is 111 Å². The average Bonchev–Trinajstić information content (AvgIpc) is 3.49. The van der Waals surface area contributed by atoms with Gasteiger partial charge in [-0.1, -0.05) is 331 Å². The quantitative estimate of drug-likeness (QED) is 0.0195. The molecule has 10 heteroatoms. The summed E-state index contributed by atoms with van der Waals surface area (Å²) in [5.74, 6) is -0.822. The Morgan fingerprint density at radius 1 is 0.386 bits per heavy atom. The van der Waals surface area contributed by atoms with Crippen molar-refractivity contribution in [3.63, 3.8) is 0 Å². The lowest BCUT2D eigenvalue weighted by atomic mass is 10.0. The molecule has 0 rings (SSSR count). The number of ether oxygens (including phenoxy) is 2. The van der Waals surface area contributed by atoms with Gasteiger partial charge in [0, 0.05) is 12.8 Å². The minimum absolute atomic E-state index is 0.0313. The first kappa shape index (κ1) is 80.7. The number of phosphoric acid groups is 1. The molecule has 0 heterocycles. The van der Waals surface area contributed by atoms with Crippen molar-refractivity contribution in [2.75, 3.05) is 47.5 Å². The SMILES string of the molecule is CC/C=C\C/C=C\C/C=C\C/C=C\C/C=C\CCCCCCCCCCCCCC(=O)OC(COC(=O)CCCCCCCCCCCCCCCCCCCCCCCCCCCCCCCCCC)COP(=O)([O-])OCC[N+](C)(C)C. The molecule has 0 aliphatic carbocycles. The molecule has 0 aliphatic heterocycles. The monoisotopic (exact) mass is 1190 g/mol. The van der Waals surface area contributed by atoms with Gasteiger partial charge in [0.1, 0.15) is 19.8 Å². The van der Waals surface area contributed by atoms with Crippen LogP contribution >= 0.6 is 7.82 Å². The molecule has 83 heavy (non-hydrogen) atoms. The first-order chi connectivity index (χ1) is 40.5. The highest BCUT2D eigenvalue weighted by Crippen LogP contribution is 2.38. The van der Waals surface area contributed by atoms with E-state index in [0.717, 1.165) is 77.0 Å². The minimum Gasteiger partial charge on any atom is -0.756 e. The second-order valence-corrected chi connectivity index (χ2v) is 26.6. The first-order valence-corrected chi connectivity index (χ1v) is 37.0. The molecule has 0 saturated heterocycles. The zero-order chi connectivity index (χ0) is 60.5. The average molecular weight is 1190 g/mol. The highest BCUT2D eigenvalue weighted by Gasteiger charge is 2.22. The Hall–Kier alpha value is -2.29. The van der Waals surface area contributed by atoms with E-state index in [4.69, 9.17) is 18.5 Å². The van der Waals surface area contributed by atoms with E-state index in [1.54, 1.807) is 0 Å². The van der Waals surface area contributed by atoms with E-state index in [1.165, 1.54) is 231 Å². The first-order valence-electron chi connectivity index (χ1n) is 35.5. The predicted octanol–water partition coefficient (Wildman–Crippen LogP) is 22.4. The standard InChI is InChI=1S/C73H136NO8P/c1-6-8-10-12-14-16-18-20-22-24-26-28-30-32-34-35-36-37-38-40-41-43-45-47-49-51-53-55-57-59-61-63-65-72(75)79-69-71(70-81-83(77,78)80-68-67-74(3,4)5)82-73(76)66-64-62-60-58-56-54-52-50-48-46-44-42-39-33-31-29-27-25-23-21-19-17-15-13-11-9-7-2/h9,11,15,17,21,23,27,29,33,39,71H,6-8,10,12-14,16,18-20,22,24-26,28,30-32,34-38,40-70H2,1-5H3/b11-9-,17-15-,23-21-,29-27-,39-33-. The number of hydrogen-bond acceptors (Lipinski definition) is 8. The van der Waals surface area contributed by atoms with Crippen LogP contribution in [0.15, 0.2) is 60.8 Å². The van der Waals surface area contributed by atoms with Crippen molar-refractivity contribution in [2.45, 2.75) is 347 Å². The smallest absolute Gasteiger partial charge is 0.306 e. The molecule has 0 bridgehead atoms. The van der Waals surface area contributed by atoms with Gasteiger partial charge in [0.25, 0.3) is 7.82 Å². The van der Waals surface area contributed by atoms with Gasteiger partial charge in [0.15, 0.2) is 6.10 Å². The summed E-state index contributed by atoms with van der Waals surface area (Å²) in [6.07, 6.45) is 84.5. The predicted molar refractivity (Wildman–Crippen MR) is 356 cm³/mol. The number of esters is 2. The van der Waals surface area contributed by atoms with Gasteiger partial charge >= 0.3 is 11.9 Å². The molecule has 2 atom stereocenters. The van der Waals surface area contributed by atoms with Gasteiger partial charge in [0.05, 0.1) is 27.7 Å². The van der Waals surface area contributed by atoms with E-state index >= 15 is 0 Å². The van der Waals surface area contributed by atoms with E-state index < -0.39 is 26.5 Å². The van der Waals surface area contributed by atoms with Crippen molar-refractivity contribution in [2.24, 2.45) is 0 Å². The fraction of sp³-hybridized carbons (Fsp3) is 0.836. The summed E-state index contributed by atoms with van der Waals surface area (Å²) in [6.45, 7) is 4.18. The van der Waals surface area contributed by atoms with Crippen LogP contribution in [0.4, 0.5) is 0 Å². The molecule has 9 nitrogen and oxygen atoms in total. The maximum atomic E-state index is 12.9. The van der Waals surface area contributed by atoms with Crippen LogP contribution in [0.2, 0.25) is 0 Å². The van der Waals surface area contributed by atoms with E-state index in [9.17, 15) is 19.0 Å². The number of carbonyl (C=O) groups excluding carboxylic acids is 2. The number of nitrogens with zero attached hydrogens (tertiary/aromatic N) is 1. The Morgan fingerprint density at radius 3 is 1.02 bits per heavy atom. The Kier molecular flexibility index (Phi) is 62.4. The van der Waals surface area contributed by atoms with Crippen molar-refractivity contribution in [1.82, 2.24) is 0 Å². The molecule has 0 radical (unpaired) electrons. The van der Waals surface area contributed by atoms with E-state index in [0.29, 0.717) is 17.4 Å². The number of carbonyl (C=O) groups is 2. The van der Waals surface area contributed by atoms with Crippen molar-refractivity contribution in [1.29, 1.82) is 0 Å². The van der Waals surface area contributed by atoms with Crippen LogP contribution in [0, 0.1) is 0 Å². The number of allylic oxidation sites excluding steroid dienone is 10. The summed E-state index contributed by atoms with van der Waals surface area (Å²) >= 11 is 0. The molecular weight excluding hydrogens is 1050 g/mol. The second-order valence-electron chi connectivity index (χ2n) is 25.2. The molecular formula is C73H136NO8P. The highest BCUT2D eigenvalue weighted by atomic mass is 31.2. The Morgan fingerprint density at radius 2 is 0.687 bits per heavy atom. The van der Waals surface area contributed by atoms with Gasteiger partial charge < -0.3 is 27.9 Å². The Bertz CT molecular complexity index is 1580. The van der Waals surface area contributed by atoms with Crippen LogP contribution in [0.5, 0.6) is 0 Å². The fourth-order valence-electron chi connectivity index (χ4n) is 10.4. The maximum absolute atomic E-state index is 12.9. The van der Waals surface area contributed by atoms with Gasteiger partial charge in [-0.3, -0.25) is 14.2 Å². The third kappa shape index (κ3) is 68.7. The van der Waals surface area contributed by atoms with Gasteiger partial charge in [-0.25, -0.2) is 0 Å². The second kappa shape index (κ2) is 64.2. The van der Waals surface area contributed by atoms with Crippen molar-refractivity contribution < 1.29 is 42.1 Å². The third-order valence-electron chi connectivity index (χ3n) is 15.8. The molecule has 0 amide bonds.